The van der Waals surface area contributed by atoms with Crippen molar-refractivity contribution in [1.29, 1.82) is 0 Å². The number of amides is 3. The van der Waals surface area contributed by atoms with Gasteiger partial charge in [0.25, 0.3) is 0 Å². The highest BCUT2D eigenvalue weighted by atomic mass is 32.1. The fourth-order valence-corrected chi connectivity index (χ4v) is 8.50. The van der Waals surface area contributed by atoms with Crippen LogP contribution in [0.4, 0.5) is 5.95 Å². The average molecular weight is 849 g/mol. The molecule has 0 saturated carbocycles. The van der Waals surface area contributed by atoms with E-state index in [0.717, 1.165) is 69.8 Å². The number of aliphatic hydroxyl groups is 1. The van der Waals surface area contributed by atoms with E-state index < -0.39 is 23.6 Å². The van der Waals surface area contributed by atoms with Gasteiger partial charge in [-0.3, -0.25) is 19.4 Å². The van der Waals surface area contributed by atoms with Gasteiger partial charge in [0.2, 0.25) is 23.7 Å². The van der Waals surface area contributed by atoms with Gasteiger partial charge in [0.15, 0.2) is 0 Å². The van der Waals surface area contributed by atoms with Crippen LogP contribution in [-0.4, -0.2) is 90.8 Å². The molecule has 61 heavy (non-hydrogen) atoms. The van der Waals surface area contributed by atoms with Crippen LogP contribution in [0.25, 0.3) is 21.5 Å². The molecule has 0 radical (unpaired) electrons. The monoisotopic (exact) mass is 848 g/mol. The van der Waals surface area contributed by atoms with Gasteiger partial charge in [0.05, 0.1) is 56.7 Å². The van der Waals surface area contributed by atoms with Crippen LogP contribution >= 0.6 is 11.3 Å². The molecule has 14 nitrogen and oxygen atoms in total. The van der Waals surface area contributed by atoms with E-state index in [1.165, 1.54) is 0 Å². The van der Waals surface area contributed by atoms with Crippen molar-refractivity contribution >= 4 is 51.8 Å². The van der Waals surface area contributed by atoms with Crippen LogP contribution in [-0.2, 0) is 20.9 Å². The number of rotatable bonds is 19. The van der Waals surface area contributed by atoms with E-state index in [2.05, 4.69) is 36.4 Å². The lowest BCUT2D eigenvalue weighted by Crippen LogP contribution is -2.56. The Morgan fingerprint density at radius 3 is 2.44 bits per heavy atom. The quantitative estimate of drug-likeness (QED) is 0.0348. The Balaban J connectivity index is 0.922. The van der Waals surface area contributed by atoms with Gasteiger partial charge >= 0.3 is 0 Å². The minimum Gasteiger partial charge on any atom is -0.391 e. The Bertz CT molecular complexity index is 2270. The molecule has 0 aliphatic carbocycles. The number of likely N-dealkylation sites (tertiary alicyclic amines) is 1. The van der Waals surface area contributed by atoms with Crippen molar-refractivity contribution in [2.75, 3.05) is 25.1 Å². The maximum absolute atomic E-state index is 14.1. The molecule has 3 aromatic heterocycles. The molecular weight excluding hydrogens is 789 g/mol. The molecular formula is C46H60N10O4S. The van der Waals surface area contributed by atoms with Gasteiger partial charge < -0.3 is 30.5 Å². The molecule has 1 fully saturated rings. The van der Waals surface area contributed by atoms with Crippen LogP contribution in [0.15, 0.2) is 83.5 Å². The molecule has 324 valence electrons. The van der Waals surface area contributed by atoms with Crippen LogP contribution in [0.3, 0.4) is 0 Å². The van der Waals surface area contributed by atoms with Crippen LogP contribution in [0.5, 0.6) is 0 Å². The molecule has 4 atom stereocenters. The Labute approximate surface area is 362 Å². The summed E-state index contributed by atoms with van der Waals surface area (Å²) in [6.07, 6.45) is 4.94. The summed E-state index contributed by atoms with van der Waals surface area (Å²) in [7, 11) is 0. The summed E-state index contributed by atoms with van der Waals surface area (Å²) in [5.41, 5.74) is 10.8. The fraction of sp³-hybridized carbons (Fsp3) is 0.457. The summed E-state index contributed by atoms with van der Waals surface area (Å²) in [6, 6.07) is 20.0. The zero-order valence-electron chi connectivity index (χ0n) is 36.1. The highest BCUT2D eigenvalue weighted by Gasteiger charge is 2.44. The van der Waals surface area contributed by atoms with E-state index in [-0.39, 0.29) is 36.7 Å². The van der Waals surface area contributed by atoms with Gasteiger partial charge in [-0.15, -0.1) is 11.3 Å². The number of hydrogen-bond donors (Lipinski definition) is 5. The summed E-state index contributed by atoms with van der Waals surface area (Å²) < 4.78 is 2.02. The summed E-state index contributed by atoms with van der Waals surface area (Å²) in [4.78, 5) is 56.6. The van der Waals surface area contributed by atoms with E-state index in [1.54, 1.807) is 22.4 Å². The van der Waals surface area contributed by atoms with Crippen LogP contribution in [0.1, 0.15) is 96.1 Å². The molecule has 3 amide bonds. The first-order valence-corrected chi connectivity index (χ1v) is 22.1. The maximum atomic E-state index is 14.1. The number of aliphatic hydroxyl groups excluding tert-OH is 1. The number of fused-ring (bicyclic) bond motifs is 1. The number of aryl methyl sites for hydroxylation is 1. The second-order valence-corrected chi connectivity index (χ2v) is 17.7. The minimum absolute atomic E-state index is 0.000135. The third kappa shape index (κ3) is 11.9. The molecule has 6 rings (SSSR count). The van der Waals surface area contributed by atoms with Gasteiger partial charge in [-0.2, -0.15) is 5.10 Å². The highest BCUT2D eigenvalue weighted by molar-refractivity contribution is 7.13. The average Bonchev–Trinajstić information content (AvgIpc) is 3.96. The molecule has 0 unspecified atom stereocenters. The highest BCUT2D eigenvalue weighted by Crippen LogP contribution is 2.30. The van der Waals surface area contributed by atoms with Crippen LogP contribution in [0.2, 0.25) is 0 Å². The van der Waals surface area contributed by atoms with Crippen molar-refractivity contribution in [3.63, 3.8) is 0 Å². The van der Waals surface area contributed by atoms with Crippen LogP contribution in [0, 0.1) is 12.3 Å². The standard InChI is InChI=1S/C46H60N10O4S/c1-30(33-19-21-34(22-20-33)41-32(3)50-29-61-41)51-43(59)39-27-35(57)28-56(39)44(60)42(46(4,5)6)49-24-13-8-7-9-18-40(58)48-25-26-55-38-17-11-10-16-37(38)52-45(55)54-53-31(2)36-15-12-14-23-47-36/h10-12,14-17,19-23,29-30,35,39,42,49,57H,7-9,13,18,24-28H2,1-6H3,(H,48,58)(H,51,59)(H,52,54)/b53-31+/t30-,35+,39-,42+/m0/s1. The number of nitrogens with zero attached hydrogens (tertiary/aromatic N) is 6. The Morgan fingerprint density at radius 2 is 1.72 bits per heavy atom. The molecule has 15 heteroatoms. The number of anilines is 1. The number of β-amino-alcohol motifs (C(OH)–C–C–N with tert-alkyl or cyclic N) is 1. The topological polar surface area (TPSA) is 179 Å². The smallest absolute Gasteiger partial charge is 0.243 e. The number of carbonyl (C=O) groups is 3. The third-order valence-corrected chi connectivity index (χ3v) is 12.1. The summed E-state index contributed by atoms with van der Waals surface area (Å²) in [6.45, 7) is 13.5. The van der Waals surface area contributed by atoms with Gasteiger partial charge in [-0.1, -0.05) is 76.1 Å². The zero-order valence-corrected chi connectivity index (χ0v) is 37.0. The number of imidazole rings is 1. The van der Waals surface area contributed by atoms with Crippen molar-refractivity contribution in [2.24, 2.45) is 10.5 Å². The number of unbranched alkanes of at least 4 members (excludes halogenated alkanes) is 3. The first kappa shape index (κ1) is 45.0. The zero-order chi connectivity index (χ0) is 43.5. The fourth-order valence-electron chi connectivity index (χ4n) is 7.69. The van der Waals surface area contributed by atoms with Gasteiger partial charge in [0.1, 0.15) is 6.04 Å². The van der Waals surface area contributed by atoms with Gasteiger partial charge in [-0.05, 0) is 81.0 Å². The maximum Gasteiger partial charge on any atom is 0.243 e. The number of hydrogen-bond acceptors (Lipinski definition) is 11. The van der Waals surface area contributed by atoms with Crippen LogP contribution < -0.4 is 21.4 Å². The Morgan fingerprint density at radius 1 is 0.967 bits per heavy atom. The third-order valence-electron chi connectivity index (χ3n) is 11.1. The number of pyridine rings is 1. The summed E-state index contributed by atoms with van der Waals surface area (Å²) in [5, 5.41) is 24.8. The Kier molecular flexibility index (Phi) is 15.4. The van der Waals surface area contributed by atoms with Crippen molar-refractivity contribution in [2.45, 2.75) is 111 Å². The molecule has 1 aliphatic heterocycles. The molecule has 5 aromatic rings. The van der Waals surface area contributed by atoms with E-state index in [4.69, 9.17) is 4.98 Å². The number of benzene rings is 2. The molecule has 4 heterocycles. The SMILES string of the molecule is C/C(=N\Nc1nc2ccccc2n1CCNC(=O)CCCCCCN[C@H](C(=O)N1C[C@H](O)C[C@H]1C(=O)N[C@@H](C)c1ccc(-c2scnc2C)cc1)C(C)(C)C)c1ccccn1. The Hall–Kier alpha value is -5.51. The normalized spacial score (nSPS) is 16.7. The lowest BCUT2D eigenvalue weighted by molar-refractivity contribution is -0.142. The second-order valence-electron chi connectivity index (χ2n) is 16.9. The second kappa shape index (κ2) is 20.8. The number of nitrogens with one attached hydrogen (secondary N) is 4. The molecule has 0 spiro atoms. The van der Waals surface area contributed by atoms with E-state index in [1.807, 2.05) is 118 Å². The summed E-state index contributed by atoms with van der Waals surface area (Å²) in [5.74, 6) is 0.131. The van der Waals surface area contributed by atoms with E-state index in [0.29, 0.717) is 32.0 Å². The summed E-state index contributed by atoms with van der Waals surface area (Å²) >= 11 is 1.60. The molecule has 0 bridgehead atoms. The number of hydrazone groups is 1. The molecule has 5 N–H and O–H groups in total. The lowest BCUT2D eigenvalue weighted by atomic mass is 9.85. The number of para-hydroxylation sites is 2. The van der Waals surface area contributed by atoms with Gasteiger partial charge in [0, 0.05) is 38.7 Å². The molecule has 1 saturated heterocycles. The first-order chi connectivity index (χ1) is 29.3. The molecule has 1 aliphatic rings. The number of carbonyl (C=O) groups excluding carboxylic acids is 3. The van der Waals surface area contributed by atoms with E-state index in [9.17, 15) is 19.5 Å². The predicted octanol–water partition coefficient (Wildman–Crippen LogP) is 6.61. The van der Waals surface area contributed by atoms with Gasteiger partial charge in [-0.25, -0.2) is 15.4 Å². The van der Waals surface area contributed by atoms with Crippen molar-refractivity contribution in [3.05, 3.63) is 95.4 Å². The van der Waals surface area contributed by atoms with E-state index >= 15 is 0 Å². The number of thiazole rings is 1. The van der Waals surface area contributed by atoms with Crippen molar-refractivity contribution in [3.8, 4) is 10.4 Å². The van der Waals surface area contributed by atoms with Crippen molar-refractivity contribution < 1.29 is 19.5 Å². The first-order valence-electron chi connectivity index (χ1n) is 21.3. The number of aromatic nitrogens is 4. The van der Waals surface area contributed by atoms with Crippen molar-refractivity contribution in [1.82, 2.24) is 40.4 Å². The minimum atomic E-state index is -0.776. The predicted molar refractivity (Wildman–Crippen MR) is 242 cm³/mol. The lowest BCUT2D eigenvalue weighted by Gasteiger charge is -2.35. The largest absolute Gasteiger partial charge is 0.391 e. The molecule has 2 aromatic carbocycles.